The molecule has 4 rings (SSSR count). The summed E-state index contributed by atoms with van der Waals surface area (Å²) in [7, 11) is 0. The van der Waals surface area contributed by atoms with Crippen LogP contribution in [-0.4, -0.2) is 16.0 Å². The summed E-state index contributed by atoms with van der Waals surface area (Å²) in [5, 5.41) is 7.49. The fourth-order valence-corrected chi connectivity index (χ4v) is 5.02. The summed E-state index contributed by atoms with van der Waals surface area (Å²) in [6, 6.07) is 18.8. The van der Waals surface area contributed by atoms with Crippen molar-refractivity contribution in [1.82, 2.24) is 10.3 Å². The summed E-state index contributed by atoms with van der Waals surface area (Å²) in [5.41, 5.74) is 3.84. The number of rotatable bonds is 3. The minimum absolute atomic E-state index is 0.0121. The molecule has 3 aromatic carbocycles. The minimum Gasteiger partial charge on any atom is -0.331 e. The molecule has 0 aliphatic carbocycles. The quantitative estimate of drug-likeness (QED) is 0.275. The second kappa shape index (κ2) is 9.39. The number of amides is 1. The lowest BCUT2D eigenvalue weighted by Gasteiger charge is -2.19. The van der Waals surface area contributed by atoms with Crippen molar-refractivity contribution in [3.63, 3.8) is 0 Å². The van der Waals surface area contributed by atoms with E-state index in [-0.39, 0.29) is 16.4 Å². The van der Waals surface area contributed by atoms with Crippen LogP contribution in [0.1, 0.15) is 36.7 Å². The first kappa shape index (κ1) is 23.6. The smallest absolute Gasteiger partial charge is 0.257 e. The Bertz CT molecular complexity index is 1330. The van der Waals surface area contributed by atoms with E-state index in [1.54, 1.807) is 24.3 Å². The van der Waals surface area contributed by atoms with Crippen LogP contribution in [0.5, 0.6) is 0 Å². The van der Waals surface area contributed by atoms with Gasteiger partial charge in [0.15, 0.2) is 5.11 Å². The minimum atomic E-state index is -0.301. The van der Waals surface area contributed by atoms with E-state index in [1.807, 2.05) is 36.4 Å². The fourth-order valence-electron chi connectivity index (χ4n) is 3.25. The SMILES string of the molecule is CC(C)(C)c1ccc(C(=O)NC(=S)Nc2cc(-c3nc4ccccc4s3)c(Cl)cc2Cl)cc1. The molecule has 0 atom stereocenters. The van der Waals surface area contributed by atoms with Crippen LogP contribution in [0.2, 0.25) is 10.0 Å². The molecule has 4 aromatic rings. The van der Waals surface area contributed by atoms with E-state index in [4.69, 9.17) is 35.4 Å². The molecule has 1 heterocycles. The van der Waals surface area contributed by atoms with Gasteiger partial charge in [0.25, 0.3) is 5.91 Å². The Hall–Kier alpha value is -2.51. The molecule has 0 saturated heterocycles. The van der Waals surface area contributed by atoms with Crippen molar-refractivity contribution in [2.45, 2.75) is 26.2 Å². The van der Waals surface area contributed by atoms with Gasteiger partial charge in [0.05, 0.1) is 25.9 Å². The monoisotopic (exact) mass is 513 g/mol. The second-order valence-corrected chi connectivity index (χ2v) is 10.8. The van der Waals surface area contributed by atoms with Gasteiger partial charge in [-0.05, 0) is 59.6 Å². The predicted molar refractivity (Wildman–Crippen MR) is 144 cm³/mol. The number of thiocarbonyl (C=S) groups is 1. The first-order valence-electron chi connectivity index (χ1n) is 10.2. The highest BCUT2D eigenvalue weighted by atomic mass is 35.5. The number of aromatic nitrogens is 1. The number of nitrogens with one attached hydrogen (secondary N) is 2. The van der Waals surface area contributed by atoms with Gasteiger partial charge in [0.1, 0.15) is 5.01 Å². The summed E-state index contributed by atoms with van der Waals surface area (Å²) >= 11 is 19.7. The molecule has 1 aromatic heterocycles. The van der Waals surface area contributed by atoms with Gasteiger partial charge in [-0.15, -0.1) is 11.3 Å². The van der Waals surface area contributed by atoms with E-state index < -0.39 is 0 Å². The van der Waals surface area contributed by atoms with Crippen molar-refractivity contribution < 1.29 is 4.79 Å². The Morgan fingerprint density at radius 3 is 2.36 bits per heavy atom. The van der Waals surface area contributed by atoms with Crippen LogP contribution in [0.25, 0.3) is 20.8 Å². The number of hydrogen-bond donors (Lipinski definition) is 2. The Balaban J connectivity index is 1.52. The number of nitrogens with zero attached hydrogens (tertiary/aromatic N) is 1. The highest BCUT2D eigenvalue weighted by Crippen LogP contribution is 2.38. The maximum Gasteiger partial charge on any atom is 0.257 e. The predicted octanol–water partition coefficient (Wildman–Crippen LogP) is 7.69. The van der Waals surface area contributed by atoms with Crippen molar-refractivity contribution in [2.24, 2.45) is 0 Å². The molecule has 8 heteroatoms. The van der Waals surface area contributed by atoms with Crippen LogP contribution in [0.3, 0.4) is 0 Å². The van der Waals surface area contributed by atoms with Crippen LogP contribution in [-0.2, 0) is 5.41 Å². The number of halogens is 2. The van der Waals surface area contributed by atoms with Crippen molar-refractivity contribution in [2.75, 3.05) is 5.32 Å². The van der Waals surface area contributed by atoms with E-state index >= 15 is 0 Å². The summed E-state index contributed by atoms with van der Waals surface area (Å²) in [4.78, 5) is 17.3. The van der Waals surface area contributed by atoms with Gasteiger partial charge in [0, 0.05) is 11.1 Å². The zero-order valence-corrected chi connectivity index (χ0v) is 21.3. The standard InChI is InChI=1S/C25H21Cl2N3OS2/c1-25(2,3)15-10-8-14(9-11-15)22(31)30-24(32)29-20-12-16(17(26)13-18(20)27)23-28-19-6-4-5-7-21(19)33-23/h4-13H,1-3H3,(H2,29,30,31,32). The van der Waals surface area contributed by atoms with Gasteiger partial charge >= 0.3 is 0 Å². The average molecular weight is 515 g/mol. The van der Waals surface area contributed by atoms with E-state index in [9.17, 15) is 4.79 Å². The topological polar surface area (TPSA) is 54.0 Å². The Labute approximate surface area is 212 Å². The van der Waals surface area contributed by atoms with Crippen molar-refractivity contribution in [3.8, 4) is 10.6 Å². The van der Waals surface area contributed by atoms with Crippen LogP contribution >= 0.6 is 46.8 Å². The number of benzene rings is 3. The van der Waals surface area contributed by atoms with Crippen LogP contribution < -0.4 is 10.6 Å². The molecule has 0 aliphatic heterocycles. The maximum absolute atomic E-state index is 12.6. The number of para-hydroxylation sites is 1. The van der Waals surface area contributed by atoms with Gasteiger partial charge in [-0.2, -0.15) is 0 Å². The molecule has 1 amide bonds. The molecule has 4 nitrogen and oxygen atoms in total. The third-order valence-electron chi connectivity index (χ3n) is 5.07. The molecule has 0 radical (unpaired) electrons. The third-order valence-corrected chi connectivity index (χ3v) is 6.97. The molecule has 168 valence electrons. The summed E-state index contributed by atoms with van der Waals surface area (Å²) in [5.74, 6) is -0.301. The summed E-state index contributed by atoms with van der Waals surface area (Å²) in [6.07, 6.45) is 0. The highest BCUT2D eigenvalue weighted by molar-refractivity contribution is 7.80. The van der Waals surface area contributed by atoms with E-state index in [1.165, 1.54) is 11.3 Å². The zero-order chi connectivity index (χ0) is 23.8. The molecular formula is C25H21Cl2N3OS2. The normalized spacial score (nSPS) is 11.4. The lowest BCUT2D eigenvalue weighted by atomic mass is 9.87. The molecule has 0 spiro atoms. The molecule has 33 heavy (non-hydrogen) atoms. The molecule has 0 saturated carbocycles. The summed E-state index contributed by atoms with van der Waals surface area (Å²) in [6.45, 7) is 6.37. The van der Waals surface area contributed by atoms with Gasteiger partial charge in [0.2, 0.25) is 0 Å². The number of anilines is 1. The number of thiazole rings is 1. The molecule has 0 fully saturated rings. The van der Waals surface area contributed by atoms with Crippen LogP contribution in [0, 0.1) is 0 Å². The Morgan fingerprint density at radius 2 is 1.70 bits per heavy atom. The zero-order valence-electron chi connectivity index (χ0n) is 18.2. The van der Waals surface area contributed by atoms with Gasteiger partial charge in [-0.3, -0.25) is 10.1 Å². The fraction of sp³-hybridized carbons (Fsp3) is 0.160. The van der Waals surface area contributed by atoms with Gasteiger partial charge in [-0.1, -0.05) is 68.2 Å². The molecule has 0 unspecified atom stereocenters. The van der Waals surface area contributed by atoms with Crippen molar-refractivity contribution >= 4 is 73.7 Å². The van der Waals surface area contributed by atoms with Gasteiger partial charge < -0.3 is 5.32 Å². The van der Waals surface area contributed by atoms with E-state index in [0.717, 1.165) is 26.4 Å². The second-order valence-electron chi connectivity index (χ2n) is 8.53. The maximum atomic E-state index is 12.6. The lowest BCUT2D eigenvalue weighted by Crippen LogP contribution is -2.34. The molecule has 2 N–H and O–H groups in total. The number of carbonyl (C=O) groups excluding carboxylic acids is 1. The highest BCUT2D eigenvalue weighted by Gasteiger charge is 2.17. The molecular weight excluding hydrogens is 493 g/mol. The first-order valence-corrected chi connectivity index (χ1v) is 12.2. The largest absolute Gasteiger partial charge is 0.331 e. The first-order chi connectivity index (χ1) is 15.6. The number of hydrogen-bond acceptors (Lipinski definition) is 4. The number of fused-ring (bicyclic) bond motifs is 1. The molecule has 0 bridgehead atoms. The van der Waals surface area contributed by atoms with Crippen LogP contribution in [0.15, 0.2) is 60.7 Å². The molecule has 0 aliphatic rings. The third kappa shape index (κ3) is 5.36. The Kier molecular flexibility index (Phi) is 6.73. The van der Waals surface area contributed by atoms with Crippen LogP contribution in [0.4, 0.5) is 5.69 Å². The average Bonchev–Trinajstić information content (AvgIpc) is 3.19. The Morgan fingerprint density at radius 1 is 1.00 bits per heavy atom. The van der Waals surface area contributed by atoms with Gasteiger partial charge in [-0.25, -0.2) is 4.98 Å². The van der Waals surface area contributed by atoms with Crippen molar-refractivity contribution in [1.29, 1.82) is 0 Å². The lowest BCUT2D eigenvalue weighted by molar-refractivity contribution is 0.0977. The van der Waals surface area contributed by atoms with E-state index in [2.05, 4.69) is 36.4 Å². The van der Waals surface area contributed by atoms with E-state index in [0.29, 0.717) is 21.3 Å². The van der Waals surface area contributed by atoms with Crippen molar-refractivity contribution in [3.05, 3.63) is 81.8 Å². The number of carbonyl (C=O) groups is 1. The summed E-state index contributed by atoms with van der Waals surface area (Å²) < 4.78 is 1.06.